The van der Waals surface area contributed by atoms with E-state index in [4.69, 9.17) is 0 Å². The predicted molar refractivity (Wildman–Crippen MR) is 51.7 cm³/mol. The Labute approximate surface area is 93.9 Å². The smallest absolute Gasteiger partial charge is 0.133 e. The first-order valence-corrected chi connectivity index (χ1v) is 4.34. The van der Waals surface area contributed by atoms with Gasteiger partial charge < -0.3 is 0 Å². The van der Waals surface area contributed by atoms with Gasteiger partial charge in [0.2, 0.25) is 0 Å². The van der Waals surface area contributed by atoms with Gasteiger partial charge in [0.15, 0.2) is 0 Å². The molecule has 0 saturated carbocycles. The van der Waals surface area contributed by atoms with Crippen LogP contribution in [0.1, 0.15) is 0 Å². The van der Waals surface area contributed by atoms with Crippen LogP contribution >= 0.6 is 15.9 Å². The molecule has 0 atom stereocenters. The molecule has 1 aliphatic carbocycles. The summed E-state index contributed by atoms with van der Waals surface area (Å²) in [6, 6.07) is 7.84. The van der Waals surface area contributed by atoms with E-state index in [1.807, 2.05) is 36.3 Å². The van der Waals surface area contributed by atoms with Crippen LogP contribution < -0.4 is 10.4 Å². The molecule has 13 heavy (non-hydrogen) atoms. The second-order valence-corrected chi connectivity index (χ2v) is 3.35. The molecular weight excluding hydrogens is 275 g/mol. The first-order valence-electron chi connectivity index (χ1n) is 3.55. The second kappa shape index (κ2) is 4.06. The van der Waals surface area contributed by atoms with E-state index in [0.29, 0.717) is 5.57 Å². The number of hydrogen-bond donors (Lipinski definition) is 0. The molecule has 1 aromatic rings. The molecule has 0 fully saturated rings. The zero-order valence-electron chi connectivity index (χ0n) is 6.49. The molecule has 0 radical (unpaired) electrons. The zero-order valence-corrected chi connectivity index (χ0v) is 9.06. The average Bonchev–Trinajstić information content (AvgIpc) is 2.44. The van der Waals surface area contributed by atoms with Crippen molar-refractivity contribution in [2.24, 2.45) is 0 Å². The normalized spacial score (nSPS) is 12.7. The summed E-state index contributed by atoms with van der Waals surface area (Å²) in [6.45, 7) is 0. The van der Waals surface area contributed by atoms with Gasteiger partial charge in [0.05, 0.1) is 5.57 Å². The largest absolute Gasteiger partial charge is 0.233 e. The maximum atomic E-state index is 10.4. The summed E-state index contributed by atoms with van der Waals surface area (Å²) in [5.74, 6) is 1.89. The van der Waals surface area contributed by atoms with Gasteiger partial charge in [-0.3, -0.25) is 0 Å². The van der Waals surface area contributed by atoms with Crippen molar-refractivity contribution in [3.63, 3.8) is 0 Å². The van der Waals surface area contributed by atoms with Crippen molar-refractivity contribution in [1.82, 2.24) is 0 Å². The van der Waals surface area contributed by atoms with Crippen molar-refractivity contribution < 1.29 is 21.3 Å². The molecule has 0 aromatic heterocycles. The summed E-state index contributed by atoms with van der Waals surface area (Å²) in [5, 5.41) is 2.14. The molecule has 0 heterocycles. The Bertz CT molecular complexity index is 498. The Balaban J connectivity index is 0.000000845. The minimum absolute atomic E-state index is 0. The molecular formula is C10H5BrNiO. The van der Waals surface area contributed by atoms with E-state index in [2.05, 4.69) is 15.9 Å². The van der Waals surface area contributed by atoms with E-state index in [1.54, 1.807) is 0 Å². The fourth-order valence-corrected chi connectivity index (χ4v) is 1.82. The minimum atomic E-state index is 0. The summed E-state index contributed by atoms with van der Waals surface area (Å²) in [4.78, 5) is 10.4. The van der Waals surface area contributed by atoms with Crippen LogP contribution in [0.4, 0.5) is 0 Å². The molecule has 0 aliphatic heterocycles. The van der Waals surface area contributed by atoms with Gasteiger partial charge in [-0.05, 0) is 32.4 Å². The van der Waals surface area contributed by atoms with E-state index >= 15 is 0 Å². The summed E-state index contributed by atoms with van der Waals surface area (Å²) in [5.41, 5.74) is 0.594. The number of carbonyl (C=O) groups excluding carboxylic acids is 1. The molecule has 0 N–H and O–H groups in total. The maximum absolute atomic E-state index is 10.4. The van der Waals surface area contributed by atoms with Crippen LogP contribution in [-0.4, -0.2) is 5.94 Å². The summed E-state index contributed by atoms with van der Waals surface area (Å²) in [6.07, 6.45) is 1.83. The molecule has 1 nitrogen and oxygen atoms in total. The van der Waals surface area contributed by atoms with Crippen LogP contribution in [-0.2, 0) is 21.3 Å². The Morgan fingerprint density at radius 3 is 2.54 bits per heavy atom. The van der Waals surface area contributed by atoms with E-state index in [9.17, 15) is 4.79 Å². The molecule has 0 saturated heterocycles. The molecule has 0 spiro atoms. The summed E-state index contributed by atoms with van der Waals surface area (Å²) in [7, 11) is 0. The van der Waals surface area contributed by atoms with Crippen molar-refractivity contribution in [2.45, 2.75) is 0 Å². The minimum Gasteiger partial charge on any atom is -0.233 e. The summed E-state index contributed by atoms with van der Waals surface area (Å²) >= 11 is 3.35. The van der Waals surface area contributed by atoms with Gasteiger partial charge in [-0.2, -0.15) is 0 Å². The molecule has 0 amide bonds. The molecule has 1 aliphatic rings. The SMILES string of the molecule is O=C=C1C=c2ccccc2=C1Br.[Ni]. The van der Waals surface area contributed by atoms with Crippen molar-refractivity contribution >= 4 is 32.4 Å². The number of hydrogen-bond acceptors (Lipinski definition) is 1. The van der Waals surface area contributed by atoms with Crippen molar-refractivity contribution in [3.05, 3.63) is 40.3 Å². The number of fused-ring (bicyclic) bond motifs is 1. The maximum Gasteiger partial charge on any atom is 0.133 e. The van der Waals surface area contributed by atoms with Crippen LogP contribution in [0.15, 0.2) is 29.8 Å². The van der Waals surface area contributed by atoms with E-state index in [-0.39, 0.29) is 16.5 Å². The third-order valence-corrected chi connectivity index (χ3v) is 2.70. The monoisotopic (exact) mass is 278 g/mol. The molecule has 68 valence electrons. The Morgan fingerprint density at radius 2 is 1.92 bits per heavy atom. The van der Waals surface area contributed by atoms with Gasteiger partial charge in [-0.25, -0.2) is 4.79 Å². The van der Waals surface area contributed by atoms with E-state index in [1.165, 1.54) is 0 Å². The summed E-state index contributed by atoms with van der Waals surface area (Å²) < 4.78 is 0.841. The first kappa shape index (κ1) is 10.5. The first-order chi connectivity index (χ1) is 5.83. The third-order valence-electron chi connectivity index (χ3n) is 1.84. The molecule has 2 rings (SSSR count). The number of benzene rings is 1. The molecule has 3 heteroatoms. The van der Waals surface area contributed by atoms with Gasteiger partial charge in [0, 0.05) is 21.0 Å². The standard InChI is InChI=1S/C10H5BrO.Ni/c11-10-8(6-12)5-7-3-1-2-4-9(7)10;/h1-5H;. The Kier molecular flexibility index (Phi) is 3.27. The Morgan fingerprint density at radius 1 is 1.23 bits per heavy atom. The van der Waals surface area contributed by atoms with Crippen molar-refractivity contribution in [2.75, 3.05) is 0 Å². The van der Waals surface area contributed by atoms with Gasteiger partial charge in [0.25, 0.3) is 0 Å². The van der Waals surface area contributed by atoms with E-state index < -0.39 is 0 Å². The van der Waals surface area contributed by atoms with Crippen LogP contribution in [0, 0.1) is 0 Å². The van der Waals surface area contributed by atoms with Crippen LogP contribution in [0.25, 0.3) is 10.6 Å². The Hall–Kier alpha value is -0.616. The molecule has 0 bridgehead atoms. The van der Waals surface area contributed by atoms with Gasteiger partial charge in [-0.1, -0.05) is 24.3 Å². The fourth-order valence-electron chi connectivity index (χ4n) is 1.26. The van der Waals surface area contributed by atoms with Crippen molar-refractivity contribution in [3.8, 4) is 0 Å². The van der Waals surface area contributed by atoms with Gasteiger partial charge in [0.1, 0.15) is 5.94 Å². The number of halogens is 1. The van der Waals surface area contributed by atoms with Gasteiger partial charge >= 0.3 is 0 Å². The quantitative estimate of drug-likeness (QED) is 0.506. The van der Waals surface area contributed by atoms with E-state index in [0.717, 1.165) is 14.9 Å². The van der Waals surface area contributed by atoms with Crippen LogP contribution in [0.5, 0.6) is 0 Å². The topological polar surface area (TPSA) is 17.1 Å². The predicted octanol–water partition coefficient (Wildman–Crippen LogP) is 0.739. The second-order valence-electron chi connectivity index (χ2n) is 2.56. The van der Waals surface area contributed by atoms with Gasteiger partial charge in [-0.15, -0.1) is 0 Å². The number of rotatable bonds is 0. The average molecular weight is 280 g/mol. The van der Waals surface area contributed by atoms with Crippen LogP contribution in [0.3, 0.4) is 0 Å². The third kappa shape index (κ3) is 1.69. The molecule has 1 aromatic carbocycles. The zero-order chi connectivity index (χ0) is 8.55. The number of allylic oxidation sites excluding steroid dienone is 1. The van der Waals surface area contributed by atoms with Crippen molar-refractivity contribution in [1.29, 1.82) is 0 Å². The fraction of sp³-hybridized carbons (Fsp3) is 0. The van der Waals surface area contributed by atoms with Crippen LogP contribution in [0.2, 0.25) is 0 Å². The molecule has 0 unspecified atom stereocenters.